The highest BCUT2D eigenvalue weighted by atomic mass is 32.2. The van der Waals surface area contributed by atoms with E-state index in [1.54, 1.807) is 32.9 Å². The second-order valence-electron chi connectivity index (χ2n) is 8.36. The number of methoxy groups -OCH3 is 1. The van der Waals surface area contributed by atoms with Gasteiger partial charge in [0.25, 0.3) is 15.9 Å². The average Bonchev–Trinajstić information content (AvgIpc) is 2.78. The van der Waals surface area contributed by atoms with Crippen molar-refractivity contribution < 1.29 is 27.5 Å². The van der Waals surface area contributed by atoms with Crippen molar-refractivity contribution in [2.24, 2.45) is 0 Å². The van der Waals surface area contributed by atoms with Crippen LogP contribution in [0.3, 0.4) is 0 Å². The molecule has 0 spiro atoms. The molecule has 0 aliphatic carbocycles. The van der Waals surface area contributed by atoms with Crippen LogP contribution in [0.15, 0.2) is 71.9 Å². The zero-order valence-corrected chi connectivity index (χ0v) is 20.5. The monoisotopic (exact) mass is 498 g/mol. The molecule has 0 aliphatic rings. The van der Waals surface area contributed by atoms with Crippen LogP contribution in [0, 0.1) is 0 Å². The van der Waals surface area contributed by atoms with Crippen molar-refractivity contribution in [1.82, 2.24) is 4.98 Å². The lowest BCUT2D eigenvalue weighted by molar-refractivity contribution is 0.0635. The molecule has 0 saturated carbocycles. The third kappa shape index (κ3) is 7.18. The summed E-state index contributed by atoms with van der Waals surface area (Å²) in [6.45, 7) is 5.23. The largest absolute Gasteiger partial charge is 0.495 e. The van der Waals surface area contributed by atoms with Gasteiger partial charge in [0.2, 0.25) is 0 Å². The summed E-state index contributed by atoms with van der Waals surface area (Å²) in [6.07, 6.45) is 2.27. The van der Waals surface area contributed by atoms with Gasteiger partial charge in [-0.2, -0.15) is 0 Å². The second-order valence-corrected chi connectivity index (χ2v) is 10.0. The van der Waals surface area contributed by atoms with Crippen molar-refractivity contribution in [1.29, 1.82) is 0 Å². The summed E-state index contributed by atoms with van der Waals surface area (Å²) in [5.41, 5.74) is 0.625. The zero-order valence-electron chi connectivity index (χ0n) is 19.7. The summed E-state index contributed by atoms with van der Waals surface area (Å²) in [7, 11) is -2.38. The fraction of sp³-hybridized carbons (Fsp3) is 0.208. The summed E-state index contributed by atoms with van der Waals surface area (Å²) in [5, 5.41) is 5.31. The number of pyridine rings is 1. The number of hydrogen-bond acceptors (Lipinski definition) is 7. The fourth-order valence-electron chi connectivity index (χ4n) is 2.92. The Labute approximate surface area is 203 Å². The number of carbonyl (C=O) groups is 2. The zero-order chi connectivity index (χ0) is 25.6. The van der Waals surface area contributed by atoms with Crippen LogP contribution in [0.5, 0.6) is 5.75 Å². The third-order valence-electron chi connectivity index (χ3n) is 4.45. The van der Waals surface area contributed by atoms with Gasteiger partial charge in [0, 0.05) is 23.6 Å². The van der Waals surface area contributed by atoms with Crippen molar-refractivity contribution in [3.8, 4) is 5.75 Å². The van der Waals surface area contributed by atoms with Gasteiger partial charge in [-0.25, -0.2) is 13.2 Å². The van der Waals surface area contributed by atoms with Crippen molar-refractivity contribution in [2.45, 2.75) is 31.3 Å². The number of anilines is 3. The SMILES string of the molecule is COc1ccc(NC(=O)c2ccc(S(=O)(=O)Nc3ccncc3)cc2)cc1NC(=O)OC(C)(C)C. The highest BCUT2D eigenvalue weighted by Crippen LogP contribution is 2.29. The summed E-state index contributed by atoms with van der Waals surface area (Å²) in [4.78, 5) is 28.7. The van der Waals surface area contributed by atoms with E-state index < -0.39 is 27.6 Å². The molecule has 0 unspecified atom stereocenters. The van der Waals surface area contributed by atoms with Gasteiger partial charge in [-0.1, -0.05) is 0 Å². The van der Waals surface area contributed by atoms with Gasteiger partial charge >= 0.3 is 6.09 Å². The molecule has 2 amide bonds. The van der Waals surface area contributed by atoms with Gasteiger partial charge in [0.15, 0.2) is 0 Å². The van der Waals surface area contributed by atoms with Crippen LogP contribution in [0.4, 0.5) is 21.9 Å². The Morgan fingerprint density at radius 3 is 2.14 bits per heavy atom. The van der Waals surface area contributed by atoms with Crippen LogP contribution in [-0.2, 0) is 14.8 Å². The van der Waals surface area contributed by atoms with Crippen LogP contribution in [0.25, 0.3) is 0 Å². The van der Waals surface area contributed by atoms with Gasteiger partial charge in [0.05, 0.1) is 23.4 Å². The molecular formula is C24H26N4O6S. The lowest BCUT2D eigenvalue weighted by Crippen LogP contribution is -2.27. The molecule has 1 heterocycles. The first-order valence-electron chi connectivity index (χ1n) is 10.5. The van der Waals surface area contributed by atoms with Crippen molar-refractivity contribution >= 4 is 39.1 Å². The maximum absolute atomic E-state index is 12.7. The first kappa shape index (κ1) is 25.5. The average molecular weight is 499 g/mol. The minimum Gasteiger partial charge on any atom is -0.495 e. The predicted octanol–water partition coefficient (Wildman–Crippen LogP) is 4.49. The van der Waals surface area contributed by atoms with Crippen LogP contribution in [-0.4, -0.2) is 38.1 Å². The fourth-order valence-corrected chi connectivity index (χ4v) is 3.98. The number of nitrogens with one attached hydrogen (secondary N) is 3. The molecule has 3 N–H and O–H groups in total. The molecule has 0 saturated heterocycles. The summed E-state index contributed by atoms with van der Waals surface area (Å²) in [5.74, 6) is -0.0884. The van der Waals surface area contributed by atoms with Crippen molar-refractivity contribution in [3.05, 3.63) is 72.6 Å². The number of hydrogen-bond donors (Lipinski definition) is 3. The Bertz CT molecular complexity index is 1300. The van der Waals surface area contributed by atoms with Gasteiger partial charge in [-0.15, -0.1) is 0 Å². The molecule has 3 rings (SSSR count). The number of carbonyl (C=O) groups excluding carboxylic acids is 2. The van der Waals surface area contributed by atoms with Gasteiger partial charge in [-0.3, -0.25) is 19.8 Å². The molecule has 2 aromatic carbocycles. The van der Waals surface area contributed by atoms with Crippen molar-refractivity contribution in [3.63, 3.8) is 0 Å². The Balaban J connectivity index is 1.72. The quantitative estimate of drug-likeness (QED) is 0.437. The van der Waals surface area contributed by atoms with Gasteiger partial charge < -0.3 is 14.8 Å². The van der Waals surface area contributed by atoms with Crippen molar-refractivity contribution in [2.75, 3.05) is 22.5 Å². The highest BCUT2D eigenvalue weighted by molar-refractivity contribution is 7.92. The highest BCUT2D eigenvalue weighted by Gasteiger charge is 2.19. The predicted molar refractivity (Wildman–Crippen MR) is 132 cm³/mol. The summed E-state index contributed by atoms with van der Waals surface area (Å²) in [6, 6.07) is 13.2. The van der Waals surface area contributed by atoms with E-state index >= 15 is 0 Å². The molecule has 184 valence electrons. The molecule has 10 nitrogen and oxygen atoms in total. The van der Waals surface area contributed by atoms with Gasteiger partial charge in [0.1, 0.15) is 11.4 Å². The van der Waals surface area contributed by atoms with E-state index in [2.05, 4.69) is 20.3 Å². The lowest BCUT2D eigenvalue weighted by Gasteiger charge is -2.20. The lowest BCUT2D eigenvalue weighted by atomic mass is 10.2. The topological polar surface area (TPSA) is 136 Å². The van der Waals surface area contributed by atoms with E-state index in [1.165, 1.54) is 62.0 Å². The van der Waals surface area contributed by atoms with Crippen LogP contribution in [0.1, 0.15) is 31.1 Å². The van der Waals surface area contributed by atoms with E-state index in [4.69, 9.17) is 9.47 Å². The molecule has 35 heavy (non-hydrogen) atoms. The molecule has 0 atom stereocenters. The van der Waals surface area contributed by atoms with E-state index in [1.807, 2.05) is 0 Å². The van der Waals surface area contributed by atoms with E-state index in [-0.39, 0.29) is 10.5 Å². The summed E-state index contributed by atoms with van der Waals surface area (Å²) < 4.78 is 38.1. The first-order valence-corrected chi connectivity index (χ1v) is 12.0. The molecule has 1 aromatic heterocycles. The molecular weight excluding hydrogens is 472 g/mol. The molecule has 0 aliphatic heterocycles. The maximum atomic E-state index is 12.7. The van der Waals surface area contributed by atoms with Crippen LogP contribution >= 0.6 is 0 Å². The van der Waals surface area contributed by atoms with Crippen LogP contribution < -0.4 is 20.1 Å². The number of nitrogens with zero attached hydrogens (tertiary/aromatic N) is 1. The first-order chi connectivity index (χ1) is 16.5. The number of aromatic nitrogens is 1. The summed E-state index contributed by atoms with van der Waals surface area (Å²) >= 11 is 0. The Kier molecular flexibility index (Phi) is 7.60. The Hall–Kier alpha value is -4.12. The number of amides is 2. The van der Waals surface area contributed by atoms with Gasteiger partial charge in [-0.05, 0) is 75.4 Å². The molecule has 3 aromatic rings. The van der Waals surface area contributed by atoms with E-state index in [0.717, 1.165) is 0 Å². The number of ether oxygens (including phenoxy) is 2. The molecule has 0 bridgehead atoms. The molecule has 11 heteroatoms. The number of benzene rings is 2. The molecule has 0 fully saturated rings. The number of sulfonamides is 1. The third-order valence-corrected chi connectivity index (χ3v) is 5.85. The normalized spacial score (nSPS) is 11.3. The minimum atomic E-state index is -3.83. The Morgan fingerprint density at radius 1 is 0.886 bits per heavy atom. The van der Waals surface area contributed by atoms with E-state index in [9.17, 15) is 18.0 Å². The maximum Gasteiger partial charge on any atom is 0.412 e. The van der Waals surface area contributed by atoms with E-state index in [0.29, 0.717) is 22.8 Å². The molecule has 0 radical (unpaired) electrons. The standard InChI is InChI=1S/C24H26N4O6S/c1-24(2,3)34-23(30)27-20-15-18(7-10-21(20)33-4)26-22(29)16-5-8-19(9-6-16)35(31,32)28-17-11-13-25-14-12-17/h5-15H,1-4H3,(H,25,28)(H,26,29)(H,27,30). The number of rotatable bonds is 7. The van der Waals surface area contributed by atoms with Crippen LogP contribution in [0.2, 0.25) is 0 Å². The second kappa shape index (κ2) is 10.4. The minimum absolute atomic E-state index is 0.000781. The Morgan fingerprint density at radius 2 is 1.54 bits per heavy atom. The smallest absolute Gasteiger partial charge is 0.412 e.